The van der Waals surface area contributed by atoms with E-state index in [1.165, 1.54) is 0 Å². The molecule has 3 rings (SSSR count). The summed E-state index contributed by atoms with van der Waals surface area (Å²) in [7, 11) is 1.58. The second-order valence-corrected chi connectivity index (χ2v) is 6.92. The van der Waals surface area contributed by atoms with Gasteiger partial charge in [0.15, 0.2) is 0 Å². The second kappa shape index (κ2) is 8.55. The fourth-order valence-corrected chi connectivity index (χ4v) is 3.47. The highest BCUT2D eigenvalue weighted by atomic mass is 16.5. The molecular weight excluding hydrogens is 362 g/mol. The van der Waals surface area contributed by atoms with Gasteiger partial charge in [0.25, 0.3) is 11.8 Å². The molecule has 1 aliphatic heterocycles. The molecule has 1 aliphatic rings. The number of carbonyl (C=O) groups excluding carboxylic acids is 2. The van der Waals surface area contributed by atoms with Crippen LogP contribution in [-0.4, -0.2) is 58.2 Å². The third-order valence-electron chi connectivity index (χ3n) is 4.94. The summed E-state index contributed by atoms with van der Waals surface area (Å²) in [5.74, 6) is 0.978. The Bertz CT molecular complexity index is 857. The third-order valence-corrected chi connectivity index (χ3v) is 4.94. The van der Waals surface area contributed by atoms with Gasteiger partial charge in [-0.1, -0.05) is 12.1 Å². The van der Waals surface area contributed by atoms with Crippen LogP contribution >= 0.6 is 0 Å². The number of nitrogens with zero attached hydrogens (tertiary/aromatic N) is 4. The van der Waals surface area contributed by atoms with Gasteiger partial charge in [-0.2, -0.15) is 0 Å². The van der Waals surface area contributed by atoms with Crippen LogP contribution in [0.2, 0.25) is 0 Å². The van der Waals surface area contributed by atoms with Gasteiger partial charge in [-0.3, -0.25) is 9.59 Å². The number of nitrogens with one attached hydrogen (secondary N) is 1. The highest BCUT2D eigenvalue weighted by Gasteiger charge is 2.34. The van der Waals surface area contributed by atoms with Crippen molar-refractivity contribution >= 4 is 11.8 Å². The van der Waals surface area contributed by atoms with Crippen LogP contribution in [0.25, 0.3) is 0 Å². The molecule has 1 N–H and O–H groups in total. The van der Waals surface area contributed by atoms with Crippen molar-refractivity contribution in [3.05, 3.63) is 34.7 Å². The molecular formula is C19H27N5O4. The lowest BCUT2D eigenvalue weighted by molar-refractivity contribution is 0.0634. The summed E-state index contributed by atoms with van der Waals surface area (Å²) in [4.78, 5) is 31.7. The minimum Gasteiger partial charge on any atom is -0.383 e. The zero-order valence-corrected chi connectivity index (χ0v) is 16.8. The molecule has 0 aliphatic carbocycles. The average Bonchev–Trinajstić information content (AvgIpc) is 3.26. The predicted molar refractivity (Wildman–Crippen MR) is 101 cm³/mol. The normalized spacial score (nSPS) is 16.1. The van der Waals surface area contributed by atoms with Crippen molar-refractivity contribution < 1.29 is 18.8 Å². The maximum absolute atomic E-state index is 13.2. The van der Waals surface area contributed by atoms with Crippen molar-refractivity contribution in [3.8, 4) is 0 Å². The lowest BCUT2D eigenvalue weighted by atomic mass is 10.1. The minimum atomic E-state index is -0.259. The molecule has 28 heavy (non-hydrogen) atoms. The smallest absolute Gasteiger partial charge is 0.271 e. The summed E-state index contributed by atoms with van der Waals surface area (Å²) in [5.41, 5.74) is 1.50. The average molecular weight is 389 g/mol. The Labute approximate surface area is 164 Å². The number of aryl methyl sites for hydroxylation is 2. The Balaban J connectivity index is 1.79. The van der Waals surface area contributed by atoms with Crippen molar-refractivity contribution in [1.29, 1.82) is 0 Å². The summed E-state index contributed by atoms with van der Waals surface area (Å²) in [6, 6.07) is -0.259. The van der Waals surface area contributed by atoms with Crippen LogP contribution in [0.15, 0.2) is 10.7 Å². The van der Waals surface area contributed by atoms with Gasteiger partial charge >= 0.3 is 0 Å². The Kier molecular flexibility index (Phi) is 6.13. The fraction of sp³-hybridized carbons (Fsp3) is 0.579. The van der Waals surface area contributed by atoms with Gasteiger partial charge in [0, 0.05) is 39.4 Å². The largest absolute Gasteiger partial charge is 0.383 e. The molecule has 0 bridgehead atoms. The van der Waals surface area contributed by atoms with Crippen LogP contribution in [0.1, 0.15) is 64.4 Å². The zero-order valence-electron chi connectivity index (χ0n) is 16.8. The Morgan fingerprint density at radius 2 is 2.18 bits per heavy atom. The molecule has 3 heterocycles. The molecule has 1 atom stereocenters. The molecule has 0 fully saturated rings. The number of hydrogen-bond donors (Lipinski definition) is 1. The number of methoxy groups -OCH3 is 1. The molecule has 0 saturated heterocycles. The summed E-state index contributed by atoms with van der Waals surface area (Å²) in [5, 5.41) is 6.75. The number of aromatic nitrogens is 3. The first-order chi connectivity index (χ1) is 13.5. The Morgan fingerprint density at radius 1 is 1.39 bits per heavy atom. The Hall–Kier alpha value is -2.68. The van der Waals surface area contributed by atoms with Crippen molar-refractivity contribution in [1.82, 2.24) is 24.9 Å². The SMILES string of the molecule is CCCc1onc(C)c1C(=O)N1CCn2cc(C(=O)NCCOC)nc2[C@@H]1C. The molecule has 2 aromatic heterocycles. The molecule has 2 aromatic rings. The van der Waals surface area contributed by atoms with Crippen LogP contribution in [0.3, 0.4) is 0 Å². The standard InChI is InChI=1S/C19H27N5O4/c1-5-6-15-16(12(2)22-28-15)19(26)24-9-8-23-11-14(21-17(23)13(24)3)18(25)20-7-10-27-4/h11,13H,5-10H2,1-4H3,(H,20,25)/t13-/m0/s1. The van der Waals surface area contributed by atoms with Crippen molar-refractivity contribution in [2.75, 3.05) is 26.8 Å². The van der Waals surface area contributed by atoms with E-state index in [9.17, 15) is 9.59 Å². The van der Waals surface area contributed by atoms with E-state index in [1.807, 2.05) is 18.4 Å². The second-order valence-electron chi connectivity index (χ2n) is 6.92. The van der Waals surface area contributed by atoms with Gasteiger partial charge < -0.3 is 24.0 Å². The maximum Gasteiger partial charge on any atom is 0.271 e. The van der Waals surface area contributed by atoms with E-state index in [2.05, 4.69) is 15.5 Å². The van der Waals surface area contributed by atoms with Crippen LogP contribution in [0.4, 0.5) is 0 Å². The van der Waals surface area contributed by atoms with E-state index in [4.69, 9.17) is 9.26 Å². The maximum atomic E-state index is 13.2. The number of hydrogen-bond acceptors (Lipinski definition) is 6. The van der Waals surface area contributed by atoms with Gasteiger partial charge in [-0.25, -0.2) is 4.98 Å². The van der Waals surface area contributed by atoms with Crippen LogP contribution in [0.5, 0.6) is 0 Å². The van der Waals surface area contributed by atoms with E-state index >= 15 is 0 Å². The van der Waals surface area contributed by atoms with Crippen molar-refractivity contribution in [2.24, 2.45) is 0 Å². The first-order valence-corrected chi connectivity index (χ1v) is 9.58. The van der Waals surface area contributed by atoms with Crippen molar-refractivity contribution in [3.63, 3.8) is 0 Å². The number of carbonyl (C=O) groups is 2. The van der Waals surface area contributed by atoms with Crippen LogP contribution < -0.4 is 5.32 Å². The summed E-state index contributed by atoms with van der Waals surface area (Å²) in [6.07, 6.45) is 3.28. The lowest BCUT2D eigenvalue weighted by Crippen LogP contribution is -2.41. The Morgan fingerprint density at radius 3 is 2.89 bits per heavy atom. The molecule has 2 amide bonds. The molecule has 0 radical (unpaired) electrons. The number of rotatable bonds is 7. The fourth-order valence-electron chi connectivity index (χ4n) is 3.47. The van der Waals surface area contributed by atoms with E-state index in [0.29, 0.717) is 61.2 Å². The van der Waals surface area contributed by atoms with E-state index in [1.54, 1.807) is 25.1 Å². The van der Waals surface area contributed by atoms with Crippen molar-refractivity contribution in [2.45, 2.75) is 46.2 Å². The molecule has 152 valence electrons. The van der Waals surface area contributed by atoms with Gasteiger partial charge in [0.1, 0.15) is 22.8 Å². The van der Waals surface area contributed by atoms with Gasteiger partial charge in [-0.05, 0) is 20.3 Å². The van der Waals surface area contributed by atoms with Gasteiger partial charge in [0.2, 0.25) is 0 Å². The van der Waals surface area contributed by atoms with E-state index < -0.39 is 0 Å². The quantitative estimate of drug-likeness (QED) is 0.724. The molecule has 9 nitrogen and oxygen atoms in total. The van der Waals surface area contributed by atoms with Gasteiger partial charge in [0.05, 0.1) is 18.3 Å². The number of ether oxygens (including phenoxy) is 1. The highest BCUT2D eigenvalue weighted by Crippen LogP contribution is 2.28. The molecule has 9 heteroatoms. The minimum absolute atomic E-state index is 0.102. The molecule has 0 unspecified atom stereocenters. The monoisotopic (exact) mass is 389 g/mol. The number of fused-ring (bicyclic) bond motifs is 1. The summed E-state index contributed by atoms with van der Waals surface area (Å²) >= 11 is 0. The number of amides is 2. The molecule has 0 spiro atoms. The summed E-state index contributed by atoms with van der Waals surface area (Å²) < 4.78 is 12.2. The highest BCUT2D eigenvalue weighted by molar-refractivity contribution is 5.96. The first kappa shape index (κ1) is 20.1. The molecule has 0 saturated carbocycles. The topological polar surface area (TPSA) is 102 Å². The summed E-state index contributed by atoms with van der Waals surface area (Å²) in [6.45, 7) is 7.71. The van der Waals surface area contributed by atoms with E-state index in [-0.39, 0.29) is 17.9 Å². The molecule has 0 aromatic carbocycles. The first-order valence-electron chi connectivity index (χ1n) is 9.58. The third kappa shape index (κ3) is 3.80. The predicted octanol–water partition coefficient (Wildman–Crippen LogP) is 1.73. The lowest BCUT2D eigenvalue weighted by Gasteiger charge is -2.33. The number of imidazole rings is 1. The van der Waals surface area contributed by atoms with Crippen LogP contribution in [-0.2, 0) is 17.7 Å². The van der Waals surface area contributed by atoms with Gasteiger partial charge in [-0.15, -0.1) is 0 Å². The van der Waals surface area contributed by atoms with Crippen LogP contribution in [0, 0.1) is 6.92 Å². The van der Waals surface area contributed by atoms with E-state index in [0.717, 1.165) is 6.42 Å². The zero-order chi connectivity index (χ0) is 20.3.